The molecule has 1 saturated heterocycles. The third kappa shape index (κ3) is 4.91. The summed E-state index contributed by atoms with van der Waals surface area (Å²) in [6.07, 6.45) is 2.87. The number of amides is 1. The maximum atomic E-state index is 12.8. The van der Waals surface area contributed by atoms with Crippen LogP contribution >= 0.6 is 0 Å². The first-order valence-corrected chi connectivity index (χ1v) is 11.0. The molecule has 0 aliphatic carbocycles. The maximum absolute atomic E-state index is 12.8. The summed E-state index contributed by atoms with van der Waals surface area (Å²) in [4.78, 5) is 12.7. The first-order chi connectivity index (χ1) is 13.4. The lowest BCUT2D eigenvalue weighted by atomic mass is 10.2. The van der Waals surface area contributed by atoms with E-state index in [2.05, 4.69) is 5.32 Å². The first-order valence-electron chi connectivity index (χ1n) is 9.54. The predicted molar refractivity (Wildman–Crippen MR) is 109 cm³/mol. The Balaban J connectivity index is 1.73. The van der Waals surface area contributed by atoms with E-state index < -0.39 is 10.0 Å². The average molecular weight is 403 g/mol. The van der Waals surface area contributed by atoms with Crippen molar-refractivity contribution in [2.45, 2.75) is 44.1 Å². The molecule has 150 valence electrons. The zero-order valence-electron chi connectivity index (χ0n) is 16.2. The van der Waals surface area contributed by atoms with Crippen LogP contribution in [0.3, 0.4) is 0 Å². The van der Waals surface area contributed by atoms with E-state index in [0.29, 0.717) is 24.3 Å². The molecule has 7 heteroatoms. The lowest BCUT2D eigenvalue weighted by Crippen LogP contribution is -2.35. The molecule has 2 aromatic carbocycles. The second-order valence-electron chi connectivity index (χ2n) is 7.14. The number of benzene rings is 2. The standard InChI is InChI=1S/C21H26N2O4S/c1-16(2)27-19-11-9-18(10-12-19)22-21(24)17-7-6-8-20(15-17)28(25,26)23-13-4-3-5-14-23/h6-12,15-16H,3-5,13-14H2,1-2H3,(H,22,24). The molecule has 28 heavy (non-hydrogen) atoms. The minimum absolute atomic E-state index is 0.0741. The van der Waals surface area contributed by atoms with Crippen LogP contribution in [0.5, 0.6) is 5.75 Å². The van der Waals surface area contributed by atoms with Crippen molar-refractivity contribution in [2.24, 2.45) is 0 Å². The summed E-state index contributed by atoms with van der Waals surface area (Å²) in [5.41, 5.74) is 0.922. The largest absolute Gasteiger partial charge is 0.491 e. The lowest BCUT2D eigenvalue weighted by molar-refractivity contribution is 0.102. The molecule has 3 rings (SSSR count). The van der Waals surface area contributed by atoms with Gasteiger partial charge in [-0.25, -0.2) is 8.42 Å². The number of ether oxygens (including phenoxy) is 1. The quantitative estimate of drug-likeness (QED) is 0.795. The Bertz CT molecular complexity index is 918. The zero-order chi connectivity index (χ0) is 20.1. The third-order valence-electron chi connectivity index (χ3n) is 4.53. The highest BCUT2D eigenvalue weighted by Gasteiger charge is 2.26. The predicted octanol–water partition coefficient (Wildman–Crippen LogP) is 3.90. The van der Waals surface area contributed by atoms with E-state index in [9.17, 15) is 13.2 Å². The molecule has 0 bridgehead atoms. The SMILES string of the molecule is CC(C)Oc1ccc(NC(=O)c2cccc(S(=O)(=O)N3CCCCC3)c2)cc1. The van der Waals surface area contributed by atoms with Crippen LogP contribution < -0.4 is 10.1 Å². The number of rotatable bonds is 6. The monoisotopic (exact) mass is 402 g/mol. The number of carbonyl (C=O) groups excluding carboxylic acids is 1. The molecular formula is C21H26N2O4S. The van der Waals surface area contributed by atoms with Gasteiger partial charge in [-0.2, -0.15) is 4.31 Å². The number of nitrogens with one attached hydrogen (secondary N) is 1. The van der Waals surface area contributed by atoms with E-state index in [1.807, 2.05) is 13.8 Å². The highest BCUT2D eigenvalue weighted by molar-refractivity contribution is 7.89. The van der Waals surface area contributed by atoms with Crippen LogP contribution in [-0.2, 0) is 10.0 Å². The van der Waals surface area contributed by atoms with Crippen LogP contribution in [-0.4, -0.2) is 37.8 Å². The Morgan fingerprint density at radius 1 is 1.04 bits per heavy atom. The molecule has 1 aliphatic rings. The van der Waals surface area contributed by atoms with E-state index in [1.165, 1.54) is 10.4 Å². The normalized spacial score (nSPS) is 15.4. The van der Waals surface area contributed by atoms with E-state index in [0.717, 1.165) is 25.0 Å². The summed E-state index contributed by atoms with van der Waals surface area (Å²) in [7, 11) is -3.57. The topological polar surface area (TPSA) is 75.7 Å². The van der Waals surface area contributed by atoms with Gasteiger partial charge in [0.1, 0.15) is 5.75 Å². The van der Waals surface area contributed by atoms with Crippen molar-refractivity contribution in [3.05, 3.63) is 54.1 Å². The van der Waals surface area contributed by atoms with E-state index >= 15 is 0 Å². The van der Waals surface area contributed by atoms with Gasteiger partial charge in [0.15, 0.2) is 0 Å². The third-order valence-corrected chi connectivity index (χ3v) is 6.43. The zero-order valence-corrected chi connectivity index (χ0v) is 17.0. The highest BCUT2D eigenvalue weighted by Crippen LogP contribution is 2.22. The molecule has 0 aromatic heterocycles. The number of nitrogens with zero attached hydrogens (tertiary/aromatic N) is 1. The van der Waals surface area contributed by atoms with Crippen LogP contribution in [0.1, 0.15) is 43.5 Å². The van der Waals surface area contributed by atoms with Gasteiger partial charge in [-0.3, -0.25) is 4.79 Å². The molecule has 1 aliphatic heterocycles. The Labute approximate surface area is 166 Å². The van der Waals surface area contributed by atoms with Crippen LogP contribution in [0, 0.1) is 0 Å². The summed E-state index contributed by atoms with van der Waals surface area (Å²) in [6.45, 7) is 4.95. The summed E-state index contributed by atoms with van der Waals surface area (Å²) in [6, 6.07) is 13.3. The van der Waals surface area contributed by atoms with Crippen molar-refractivity contribution in [3.8, 4) is 5.75 Å². The highest BCUT2D eigenvalue weighted by atomic mass is 32.2. The van der Waals surface area contributed by atoms with Crippen molar-refractivity contribution < 1.29 is 17.9 Å². The minimum Gasteiger partial charge on any atom is -0.491 e. The number of anilines is 1. The Morgan fingerprint density at radius 3 is 2.36 bits per heavy atom. The van der Waals surface area contributed by atoms with Gasteiger partial charge in [-0.05, 0) is 69.2 Å². The van der Waals surface area contributed by atoms with Gasteiger partial charge in [-0.1, -0.05) is 12.5 Å². The summed E-state index contributed by atoms with van der Waals surface area (Å²) >= 11 is 0. The Kier molecular flexibility index (Phi) is 6.36. The smallest absolute Gasteiger partial charge is 0.255 e. The number of carbonyl (C=O) groups is 1. The number of piperidine rings is 1. The lowest BCUT2D eigenvalue weighted by Gasteiger charge is -2.26. The molecule has 1 fully saturated rings. The second-order valence-corrected chi connectivity index (χ2v) is 9.08. The van der Waals surface area contributed by atoms with Crippen molar-refractivity contribution in [1.82, 2.24) is 4.31 Å². The van der Waals surface area contributed by atoms with Crippen molar-refractivity contribution in [1.29, 1.82) is 0 Å². The molecule has 6 nitrogen and oxygen atoms in total. The molecule has 0 spiro atoms. The van der Waals surface area contributed by atoms with Gasteiger partial charge in [0, 0.05) is 24.3 Å². The fraction of sp³-hybridized carbons (Fsp3) is 0.381. The van der Waals surface area contributed by atoms with Gasteiger partial charge in [0.25, 0.3) is 5.91 Å². The summed E-state index contributed by atoms with van der Waals surface area (Å²) in [5, 5.41) is 2.79. The number of hydrogen-bond donors (Lipinski definition) is 1. The molecule has 1 heterocycles. The molecular weight excluding hydrogens is 376 g/mol. The van der Waals surface area contributed by atoms with E-state index in [1.54, 1.807) is 42.5 Å². The van der Waals surface area contributed by atoms with Gasteiger partial charge in [0.2, 0.25) is 10.0 Å². The molecule has 0 unspecified atom stereocenters. The molecule has 0 radical (unpaired) electrons. The first kappa shape index (κ1) is 20.4. The minimum atomic E-state index is -3.57. The van der Waals surface area contributed by atoms with Crippen molar-refractivity contribution in [2.75, 3.05) is 18.4 Å². The van der Waals surface area contributed by atoms with E-state index in [-0.39, 0.29) is 16.9 Å². The van der Waals surface area contributed by atoms with Crippen LogP contribution in [0.15, 0.2) is 53.4 Å². The fourth-order valence-corrected chi connectivity index (χ4v) is 4.71. The molecule has 1 amide bonds. The van der Waals surface area contributed by atoms with Crippen LogP contribution in [0.2, 0.25) is 0 Å². The van der Waals surface area contributed by atoms with Crippen LogP contribution in [0.4, 0.5) is 5.69 Å². The maximum Gasteiger partial charge on any atom is 0.255 e. The molecule has 1 N–H and O–H groups in total. The summed E-state index contributed by atoms with van der Waals surface area (Å²) < 4.78 is 32.7. The average Bonchev–Trinajstić information content (AvgIpc) is 2.70. The molecule has 0 atom stereocenters. The Hall–Kier alpha value is -2.38. The van der Waals surface area contributed by atoms with Crippen molar-refractivity contribution >= 4 is 21.6 Å². The van der Waals surface area contributed by atoms with Crippen molar-refractivity contribution in [3.63, 3.8) is 0 Å². The Morgan fingerprint density at radius 2 is 1.71 bits per heavy atom. The van der Waals surface area contributed by atoms with E-state index in [4.69, 9.17) is 4.74 Å². The fourth-order valence-electron chi connectivity index (χ4n) is 3.14. The van der Waals surface area contributed by atoms with Gasteiger partial charge in [-0.15, -0.1) is 0 Å². The molecule has 0 saturated carbocycles. The van der Waals surface area contributed by atoms with Gasteiger partial charge in [0.05, 0.1) is 11.0 Å². The van der Waals surface area contributed by atoms with Gasteiger partial charge < -0.3 is 10.1 Å². The van der Waals surface area contributed by atoms with Gasteiger partial charge >= 0.3 is 0 Å². The number of hydrogen-bond acceptors (Lipinski definition) is 4. The van der Waals surface area contributed by atoms with Crippen LogP contribution in [0.25, 0.3) is 0 Å². The molecule has 2 aromatic rings. The second kappa shape index (κ2) is 8.75. The summed E-state index contributed by atoms with van der Waals surface area (Å²) in [5.74, 6) is 0.371. The number of sulfonamides is 1.